The summed E-state index contributed by atoms with van der Waals surface area (Å²) in [6.45, 7) is 7.78. The monoisotopic (exact) mass is 252 g/mol. The highest BCUT2D eigenvalue weighted by Crippen LogP contribution is 2.49. The van der Waals surface area contributed by atoms with Crippen molar-refractivity contribution in [2.24, 2.45) is 11.3 Å². The van der Waals surface area contributed by atoms with E-state index in [0.717, 1.165) is 12.0 Å². The Morgan fingerprint density at radius 1 is 1.28 bits per heavy atom. The van der Waals surface area contributed by atoms with E-state index in [-0.39, 0.29) is 17.1 Å². The van der Waals surface area contributed by atoms with E-state index in [9.17, 15) is 15.0 Å². The maximum atomic E-state index is 11.9. The Bertz CT molecular complexity index is 404. The predicted molar refractivity (Wildman–Crippen MR) is 70.1 cm³/mol. The number of carbonyl (C=O) groups is 1. The van der Waals surface area contributed by atoms with Gasteiger partial charge in [0.15, 0.2) is 5.78 Å². The first-order valence-corrected chi connectivity index (χ1v) is 6.78. The van der Waals surface area contributed by atoms with Crippen LogP contribution >= 0.6 is 0 Å². The van der Waals surface area contributed by atoms with Gasteiger partial charge >= 0.3 is 0 Å². The minimum absolute atomic E-state index is 0.146. The first-order chi connectivity index (χ1) is 8.15. The van der Waals surface area contributed by atoms with Gasteiger partial charge in [-0.05, 0) is 50.0 Å². The van der Waals surface area contributed by atoms with Gasteiger partial charge in [-0.25, -0.2) is 0 Å². The van der Waals surface area contributed by atoms with Gasteiger partial charge in [-0.3, -0.25) is 4.79 Å². The lowest BCUT2D eigenvalue weighted by Crippen LogP contribution is -2.45. The van der Waals surface area contributed by atoms with Crippen LogP contribution < -0.4 is 0 Å². The third kappa shape index (κ3) is 2.14. The Balaban J connectivity index is 2.39. The molecule has 0 saturated heterocycles. The van der Waals surface area contributed by atoms with Crippen molar-refractivity contribution in [1.29, 1.82) is 0 Å². The van der Waals surface area contributed by atoms with E-state index in [4.69, 9.17) is 0 Å². The number of allylic oxidation sites excluding steroid dienone is 2. The third-order valence-electron chi connectivity index (χ3n) is 4.99. The number of hydrogen-bond acceptors (Lipinski definition) is 3. The largest absolute Gasteiger partial charge is 0.390 e. The fraction of sp³-hybridized carbons (Fsp3) is 0.800. The van der Waals surface area contributed by atoms with Crippen molar-refractivity contribution in [2.45, 2.75) is 65.1 Å². The number of carbonyl (C=O) groups excluding carboxylic acids is 1. The first kappa shape index (κ1) is 13.8. The maximum Gasteiger partial charge on any atom is 0.159 e. The number of Topliss-reactive ketones (excluding diaryl/α,β-unsaturated/α-hetero) is 1. The zero-order valence-electron chi connectivity index (χ0n) is 11.8. The molecule has 1 fully saturated rings. The molecule has 2 aliphatic rings. The van der Waals surface area contributed by atoms with E-state index in [2.05, 4.69) is 13.8 Å². The molecule has 3 atom stereocenters. The highest BCUT2D eigenvalue weighted by molar-refractivity contribution is 5.98. The number of fused-ring (bicyclic) bond motifs is 1. The summed E-state index contributed by atoms with van der Waals surface area (Å²) in [7, 11) is 0. The van der Waals surface area contributed by atoms with E-state index in [1.54, 1.807) is 6.92 Å². The van der Waals surface area contributed by atoms with Gasteiger partial charge < -0.3 is 10.2 Å². The SMILES string of the molecule is CC1=C2CCC(C)(O)C(O)CC(C)(C)C2CC1=O. The zero-order valence-corrected chi connectivity index (χ0v) is 11.8. The fourth-order valence-corrected chi connectivity index (χ4v) is 3.43. The molecule has 0 spiro atoms. The second kappa shape index (κ2) is 4.17. The van der Waals surface area contributed by atoms with Crippen molar-refractivity contribution in [3.05, 3.63) is 11.1 Å². The topological polar surface area (TPSA) is 57.5 Å². The molecule has 0 aromatic rings. The Kier molecular flexibility index (Phi) is 3.19. The van der Waals surface area contributed by atoms with Crippen LogP contribution in [0.2, 0.25) is 0 Å². The van der Waals surface area contributed by atoms with Gasteiger partial charge in [0.05, 0.1) is 11.7 Å². The van der Waals surface area contributed by atoms with E-state index >= 15 is 0 Å². The summed E-state index contributed by atoms with van der Waals surface area (Å²) in [5, 5.41) is 20.5. The van der Waals surface area contributed by atoms with Crippen molar-refractivity contribution >= 4 is 5.78 Å². The van der Waals surface area contributed by atoms with Crippen LogP contribution in [0.3, 0.4) is 0 Å². The van der Waals surface area contributed by atoms with Crippen molar-refractivity contribution in [3.8, 4) is 0 Å². The molecule has 0 aliphatic heterocycles. The fourth-order valence-electron chi connectivity index (χ4n) is 3.43. The number of ketones is 1. The van der Waals surface area contributed by atoms with E-state index in [1.165, 1.54) is 5.57 Å². The van der Waals surface area contributed by atoms with Crippen LogP contribution in [0.25, 0.3) is 0 Å². The second-order valence-electron chi connectivity index (χ2n) is 6.90. The molecule has 3 heteroatoms. The van der Waals surface area contributed by atoms with Gasteiger partial charge in [0.1, 0.15) is 0 Å². The zero-order chi connectivity index (χ0) is 13.7. The molecule has 2 rings (SSSR count). The lowest BCUT2D eigenvalue weighted by molar-refractivity contribution is -0.116. The van der Waals surface area contributed by atoms with Crippen LogP contribution in [0.4, 0.5) is 0 Å². The molecule has 0 radical (unpaired) electrons. The maximum absolute atomic E-state index is 11.9. The van der Waals surface area contributed by atoms with E-state index in [0.29, 0.717) is 19.3 Å². The summed E-state index contributed by atoms with van der Waals surface area (Å²) in [6, 6.07) is 0. The molecule has 2 aliphatic carbocycles. The standard InChI is InChI=1S/C15H24O3/c1-9-10-5-6-15(4,18)13(17)8-14(2,3)11(10)7-12(9)16/h11,13,17-18H,5-8H2,1-4H3. The van der Waals surface area contributed by atoms with Crippen molar-refractivity contribution < 1.29 is 15.0 Å². The Morgan fingerprint density at radius 3 is 2.50 bits per heavy atom. The summed E-state index contributed by atoms with van der Waals surface area (Å²) in [5.41, 5.74) is 0.894. The molecule has 102 valence electrons. The van der Waals surface area contributed by atoms with Crippen LogP contribution in [0.5, 0.6) is 0 Å². The smallest absolute Gasteiger partial charge is 0.159 e. The van der Waals surface area contributed by atoms with E-state index in [1.807, 2.05) is 6.92 Å². The van der Waals surface area contributed by atoms with Gasteiger partial charge in [-0.15, -0.1) is 0 Å². The summed E-state index contributed by atoms with van der Waals surface area (Å²) < 4.78 is 0. The summed E-state index contributed by atoms with van der Waals surface area (Å²) in [6.07, 6.45) is 1.64. The quantitative estimate of drug-likeness (QED) is 0.695. The number of aliphatic hydroxyl groups is 2. The van der Waals surface area contributed by atoms with Crippen LogP contribution in [-0.2, 0) is 4.79 Å². The van der Waals surface area contributed by atoms with Crippen LogP contribution in [0.1, 0.15) is 53.4 Å². The predicted octanol–water partition coefficient (Wildman–Crippen LogP) is 2.21. The molecule has 0 heterocycles. The van der Waals surface area contributed by atoms with Gasteiger partial charge in [-0.2, -0.15) is 0 Å². The molecule has 0 bridgehead atoms. The lowest BCUT2D eigenvalue weighted by Gasteiger charge is -2.42. The van der Waals surface area contributed by atoms with Gasteiger partial charge in [0, 0.05) is 6.42 Å². The minimum Gasteiger partial charge on any atom is -0.390 e. The summed E-state index contributed by atoms with van der Waals surface area (Å²) in [4.78, 5) is 11.9. The minimum atomic E-state index is -1.05. The normalized spacial score (nSPS) is 40.4. The second-order valence-corrected chi connectivity index (χ2v) is 6.90. The average molecular weight is 252 g/mol. The summed E-state index contributed by atoms with van der Waals surface area (Å²) in [5.74, 6) is 0.467. The number of rotatable bonds is 0. The molecule has 1 saturated carbocycles. The van der Waals surface area contributed by atoms with Crippen LogP contribution in [0.15, 0.2) is 11.1 Å². The van der Waals surface area contributed by atoms with Crippen molar-refractivity contribution in [2.75, 3.05) is 0 Å². The number of hydrogen-bond donors (Lipinski definition) is 2. The molecule has 2 N–H and O–H groups in total. The van der Waals surface area contributed by atoms with Crippen molar-refractivity contribution in [1.82, 2.24) is 0 Å². The summed E-state index contributed by atoms with van der Waals surface area (Å²) >= 11 is 0. The highest BCUT2D eigenvalue weighted by Gasteiger charge is 2.46. The number of aliphatic hydroxyl groups excluding tert-OH is 1. The Morgan fingerprint density at radius 2 is 1.89 bits per heavy atom. The lowest BCUT2D eigenvalue weighted by atomic mass is 9.66. The Labute approximate surface area is 109 Å². The van der Waals surface area contributed by atoms with Crippen molar-refractivity contribution in [3.63, 3.8) is 0 Å². The van der Waals surface area contributed by atoms with Crippen LogP contribution in [0, 0.1) is 11.3 Å². The van der Waals surface area contributed by atoms with Gasteiger partial charge in [0.25, 0.3) is 0 Å². The highest BCUT2D eigenvalue weighted by atomic mass is 16.3. The van der Waals surface area contributed by atoms with Gasteiger partial charge in [0.2, 0.25) is 0 Å². The molecule has 3 nitrogen and oxygen atoms in total. The molecule has 0 aromatic carbocycles. The Hall–Kier alpha value is -0.670. The molecular formula is C15H24O3. The van der Waals surface area contributed by atoms with Crippen LogP contribution in [-0.4, -0.2) is 27.7 Å². The van der Waals surface area contributed by atoms with Gasteiger partial charge in [-0.1, -0.05) is 19.4 Å². The first-order valence-electron chi connectivity index (χ1n) is 6.78. The van der Waals surface area contributed by atoms with E-state index < -0.39 is 11.7 Å². The molecule has 0 amide bonds. The molecule has 0 aromatic heterocycles. The molecule has 18 heavy (non-hydrogen) atoms. The molecular weight excluding hydrogens is 228 g/mol. The molecule has 3 unspecified atom stereocenters. The third-order valence-corrected chi connectivity index (χ3v) is 4.99. The average Bonchev–Trinajstić information content (AvgIpc) is 2.52.